The number of carbonyl (C=O) groups is 2. The summed E-state index contributed by atoms with van der Waals surface area (Å²) in [6.45, 7) is 5.20. The SMILES string of the molecule is Cc1nn(-c2ccc(C(=O)OC(C)C(=O)Nc3cccc(Cl)c3)cc2)c(C)c1Cl. The summed E-state index contributed by atoms with van der Waals surface area (Å²) < 4.78 is 6.97. The fourth-order valence-electron chi connectivity index (χ4n) is 2.71. The van der Waals surface area contributed by atoms with Crippen molar-refractivity contribution in [3.05, 3.63) is 75.5 Å². The van der Waals surface area contributed by atoms with Crippen LogP contribution in [-0.4, -0.2) is 27.8 Å². The zero-order valence-corrected chi connectivity index (χ0v) is 17.6. The second-order valence-corrected chi connectivity index (χ2v) is 7.31. The van der Waals surface area contributed by atoms with Crippen LogP contribution in [0.4, 0.5) is 5.69 Å². The molecule has 6 nitrogen and oxygen atoms in total. The smallest absolute Gasteiger partial charge is 0.338 e. The summed E-state index contributed by atoms with van der Waals surface area (Å²) in [5, 5.41) is 8.14. The average molecular weight is 432 g/mol. The number of benzene rings is 2. The molecule has 0 aliphatic rings. The van der Waals surface area contributed by atoms with Crippen LogP contribution >= 0.6 is 23.2 Å². The molecule has 8 heteroatoms. The van der Waals surface area contributed by atoms with Crippen LogP contribution in [0.3, 0.4) is 0 Å². The van der Waals surface area contributed by atoms with E-state index in [0.717, 1.165) is 17.1 Å². The lowest BCUT2D eigenvalue weighted by molar-refractivity contribution is -0.123. The predicted molar refractivity (Wildman–Crippen MR) is 113 cm³/mol. The number of hydrogen-bond acceptors (Lipinski definition) is 4. The molecule has 1 unspecified atom stereocenters. The summed E-state index contributed by atoms with van der Waals surface area (Å²) in [5.74, 6) is -1.05. The molecular weight excluding hydrogens is 413 g/mol. The number of aryl methyl sites for hydroxylation is 1. The maximum atomic E-state index is 12.4. The number of nitrogens with one attached hydrogen (secondary N) is 1. The normalized spacial score (nSPS) is 11.8. The molecule has 3 aromatic rings. The molecule has 1 aromatic heterocycles. The van der Waals surface area contributed by atoms with E-state index in [4.69, 9.17) is 27.9 Å². The van der Waals surface area contributed by atoms with Gasteiger partial charge in [-0.05, 0) is 63.2 Å². The number of amides is 1. The highest BCUT2D eigenvalue weighted by Gasteiger charge is 2.19. The van der Waals surface area contributed by atoms with Crippen molar-refractivity contribution < 1.29 is 14.3 Å². The molecule has 3 rings (SSSR count). The van der Waals surface area contributed by atoms with Gasteiger partial charge >= 0.3 is 5.97 Å². The van der Waals surface area contributed by atoms with Crippen LogP contribution in [0.2, 0.25) is 10.0 Å². The van der Waals surface area contributed by atoms with Gasteiger partial charge in [0.05, 0.1) is 27.7 Å². The van der Waals surface area contributed by atoms with E-state index in [1.165, 1.54) is 6.92 Å². The first-order valence-electron chi connectivity index (χ1n) is 8.86. The fraction of sp³-hybridized carbons (Fsp3) is 0.190. The Hall–Kier alpha value is -2.83. The van der Waals surface area contributed by atoms with E-state index in [2.05, 4.69) is 10.4 Å². The molecule has 1 heterocycles. The topological polar surface area (TPSA) is 73.2 Å². The van der Waals surface area contributed by atoms with Gasteiger partial charge in [0.2, 0.25) is 0 Å². The first-order chi connectivity index (χ1) is 13.8. The average Bonchev–Trinajstić information content (AvgIpc) is 2.95. The number of rotatable bonds is 5. The molecule has 29 heavy (non-hydrogen) atoms. The first-order valence-corrected chi connectivity index (χ1v) is 9.61. The predicted octanol–water partition coefficient (Wildman–Crippen LogP) is 4.98. The second kappa shape index (κ2) is 8.68. The molecule has 0 saturated heterocycles. The molecule has 0 radical (unpaired) electrons. The highest BCUT2D eigenvalue weighted by molar-refractivity contribution is 6.32. The fourth-order valence-corrected chi connectivity index (χ4v) is 3.01. The van der Waals surface area contributed by atoms with Gasteiger partial charge in [0.1, 0.15) is 0 Å². The van der Waals surface area contributed by atoms with Gasteiger partial charge in [0, 0.05) is 10.7 Å². The molecular formula is C21H19Cl2N3O3. The summed E-state index contributed by atoms with van der Waals surface area (Å²) in [6, 6.07) is 13.4. The third-order valence-corrected chi connectivity index (χ3v) is 5.08. The molecule has 1 amide bonds. The monoisotopic (exact) mass is 431 g/mol. The van der Waals surface area contributed by atoms with Gasteiger partial charge in [0.15, 0.2) is 6.10 Å². The maximum absolute atomic E-state index is 12.4. The van der Waals surface area contributed by atoms with Gasteiger partial charge in [-0.2, -0.15) is 5.10 Å². The van der Waals surface area contributed by atoms with E-state index in [9.17, 15) is 9.59 Å². The van der Waals surface area contributed by atoms with E-state index in [-0.39, 0.29) is 0 Å². The lowest BCUT2D eigenvalue weighted by Crippen LogP contribution is -2.30. The Morgan fingerprint density at radius 1 is 1.10 bits per heavy atom. The van der Waals surface area contributed by atoms with Gasteiger partial charge in [0.25, 0.3) is 5.91 Å². The quantitative estimate of drug-likeness (QED) is 0.578. The molecule has 0 spiro atoms. The number of anilines is 1. The number of carbonyl (C=O) groups excluding carboxylic acids is 2. The van der Waals surface area contributed by atoms with Crippen LogP contribution in [0.15, 0.2) is 48.5 Å². The van der Waals surface area contributed by atoms with Crippen molar-refractivity contribution in [1.82, 2.24) is 9.78 Å². The summed E-state index contributed by atoms with van der Waals surface area (Å²) in [7, 11) is 0. The molecule has 1 N–H and O–H groups in total. The van der Waals surface area contributed by atoms with Crippen LogP contribution in [0.1, 0.15) is 28.7 Å². The summed E-state index contributed by atoms with van der Waals surface area (Å²) in [6.07, 6.45) is -0.976. The van der Waals surface area contributed by atoms with Crippen LogP contribution in [-0.2, 0) is 9.53 Å². The molecule has 0 fully saturated rings. The van der Waals surface area contributed by atoms with Gasteiger partial charge in [-0.15, -0.1) is 0 Å². The summed E-state index contributed by atoms with van der Waals surface area (Å²) in [5.41, 5.74) is 3.15. The van der Waals surface area contributed by atoms with E-state index >= 15 is 0 Å². The zero-order chi connectivity index (χ0) is 21.1. The highest BCUT2D eigenvalue weighted by Crippen LogP contribution is 2.22. The van der Waals surface area contributed by atoms with Crippen molar-refractivity contribution >= 4 is 40.8 Å². The molecule has 0 aliphatic carbocycles. The molecule has 0 aliphatic heterocycles. The Balaban J connectivity index is 1.65. The summed E-state index contributed by atoms with van der Waals surface area (Å²) >= 11 is 12.1. The minimum absolute atomic E-state index is 0.323. The highest BCUT2D eigenvalue weighted by atomic mass is 35.5. The van der Waals surface area contributed by atoms with E-state index < -0.39 is 18.0 Å². The standard InChI is InChI=1S/C21H19Cl2N3O3/c1-12-19(23)13(2)26(25-12)18-9-7-15(8-10-18)21(28)29-14(3)20(27)24-17-6-4-5-16(22)11-17/h4-11,14H,1-3H3,(H,24,27). The van der Waals surface area contributed by atoms with Crippen molar-refractivity contribution in [1.29, 1.82) is 0 Å². The maximum Gasteiger partial charge on any atom is 0.338 e. The first kappa shape index (κ1) is 20.9. The Morgan fingerprint density at radius 3 is 2.38 bits per heavy atom. The van der Waals surface area contributed by atoms with Crippen molar-refractivity contribution in [3.63, 3.8) is 0 Å². The van der Waals surface area contributed by atoms with Crippen LogP contribution in [0.5, 0.6) is 0 Å². The van der Waals surface area contributed by atoms with Crippen LogP contribution < -0.4 is 5.32 Å². The minimum Gasteiger partial charge on any atom is -0.449 e. The molecule has 0 bridgehead atoms. The third kappa shape index (κ3) is 4.78. The third-order valence-electron chi connectivity index (χ3n) is 4.30. The number of hydrogen-bond donors (Lipinski definition) is 1. The van der Waals surface area contributed by atoms with Crippen LogP contribution in [0, 0.1) is 13.8 Å². The minimum atomic E-state index is -0.976. The van der Waals surface area contributed by atoms with E-state index in [0.29, 0.717) is 21.3 Å². The Morgan fingerprint density at radius 2 is 1.79 bits per heavy atom. The molecule has 1 atom stereocenters. The van der Waals surface area contributed by atoms with Crippen molar-refractivity contribution in [2.24, 2.45) is 0 Å². The van der Waals surface area contributed by atoms with E-state index in [1.807, 2.05) is 13.8 Å². The number of ether oxygens (including phenoxy) is 1. The number of halogens is 2. The number of esters is 1. The lowest BCUT2D eigenvalue weighted by Gasteiger charge is -2.14. The van der Waals surface area contributed by atoms with Crippen molar-refractivity contribution in [2.45, 2.75) is 26.9 Å². The zero-order valence-electron chi connectivity index (χ0n) is 16.1. The Kier molecular flexibility index (Phi) is 6.25. The number of aromatic nitrogens is 2. The number of nitrogens with zero attached hydrogens (tertiary/aromatic N) is 2. The van der Waals surface area contributed by atoms with Crippen LogP contribution in [0.25, 0.3) is 5.69 Å². The van der Waals surface area contributed by atoms with Crippen molar-refractivity contribution in [3.8, 4) is 5.69 Å². The van der Waals surface area contributed by atoms with Gasteiger partial charge < -0.3 is 10.1 Å². The Bertz CT molecular complexity index is 1060. The molecule has 2 aromatic carbocycles. The van der Waals surface area contributed by atoms with Gasteiger partial charge in [-0.3, -0.25) is 4.79 Å². The Labute approximate surface area is 178 Å². The molecule has 0 saturated carbocycles. The second-order valence-electron chi connectivity index (χ2n) is 6.49. The van der Waals surface area contributed by atoms with E-state index in [1.54, 1.807) is 53.2 Å². The van der Waals surface area contributed by atoms with Gasteiger partial charge in [-0.25, -0.2) is 9.48 Å². The largest absolute Gasteiger partial charge is 0.449 e. The molecule has 150 valence electrons. The lowest BCUT2D eigenvalue weighted by atomic mass is 10.2. The van der Waals surface area contributed by atoms with Gasteiger partial charge in [-0.1, -0.05) is 29.3 Å². The van der Waals surface area contributed by atoms with Crippen molar-refractivity contribution in [2.75, 3.05) is 5.32 Å². The summed E-state index contributed by atoms with van der Waals surface area (Å²) in [4.78, 5) is 24.6.